The lowest BCUT2D eigenvalue weighted by Crippen LogP contribution is -2.24. The highest BCUT2D eigenvalue weighted by Gasteiger charge is 2.18. The van der Waals surface area contributed by atoms with Gasteiger partial charge in [0.15, 0.2) is 0 Å². The maximum Gasteiger partial charge on any atom is 0.0612 e. The lowest BCUT2D eigenvalue weighted by Gasteiger charge is -2.29. The Morgan fingerprint density at radius 3 is 2.81 bits per heavy atom. The van der Waals surface area contributed by atoms with E-state index in [0.717, 1.165) is 28.9 Å². The maximum absolute atomic E-state index is 5.98. The van der Waals surface area contributed by atoms with Gasteiger partial charge in [0.25, 0.3) is 0 Å². The number of hydrogen-bond donors (Lipinski definition) is 1. The molecule has 0 unspecified atom stereocenters. The molecule has 1 fully saturated rings. The number of nitrogens with zero attached hydrogens (tertiary/aromatic N) is 1. The second kappa shape index (κ2) is 4.96. The molecule has 0 spiro atoms. The molecule has 1 aromatic carbocycles. The first-order chi connectivity index (χ1) is 7.66. The van der Waals surface area contributed by atoms with Gasteiger partial charge in [0.05, 0.1) is 11.4 Å². The first-order valence-electron chi connectivity index (χ1n) is 5.93. The molecule has 0 aromatic heterocycles. The van der Waals surface area contributed by atoms with E-state index >= 15 is 0 Å². The molecule has 0 atom stereocenters. The fourth-order valence-corrected chi connectivity index (χ4v) is 2.29. The minimum Gasteiger partial charge on any atom is -0.397 e. The van der Waals surface area contributed by atoms with Crippen LogP contribution in [0.15, 0.2) is 18.2 Å². The highest BCUT2D eigenvalue weighted by molar-refractivity contribution is 6.31. The number of rotatable bonds is 4. The molecule has 1 aliphatic rings. The van der Waals surface area contributed by atoms with Crippen LogP contribution in [0.2, 0.25) is 5.02 Å². The maximum atomic E-state index is 5.98. The van der Waals surface area contributed by atoms with Gasteiger partial charge in [0, 0.05) is 18.6 Å². The predicted molar refractivity (Wildman–Crippen MR) is 71.1 cm³/mol. The first-order valence-corrected chi connectivity index (χ1v) is 6.31. The van der Waals surface area contributed by atoms with Crippen LogP contribution in [0, 0.1) is 5.92 Å². The summed E-state index contributed by atoms with van der Waals surface area (Å²) < 4.78 is 0. The van der Waals surface area contributed by atoms with E-state index in [4.69, 9.17) is 17.3 Å². The van der Waals surface area contributed by atoms with E-state index in [9.17, 15) is 0 Å². The van der Waals surface area contributed by atoms with Crippen LogP contribution in [0.5, 0.6) is 0 Å². The molecule has 0 bridgehead atoms. The molecule has 2 N–H and O–H groups in total. The Hall–Kier alpha value is -0.890. The quantitative estimate of drug-likeness (QED) is 0.813. The second-order valence-electron chi connectivity index (χ2n) is 4.71. The molecule has 0 radical (unpaired) electrons. The number of anilines is 2. The number of halogens is 1. The van der Waals surface area contributed by atoms with Gasteiger partial charge in [-0.2, -0.15) is 0 Å². The minimum atomic E-state index is 0.750. The molecule has 1 aliphatic carbocycles. The molecule has 0 amide bonds. The first kappa shape index (κ1) is 11.6. The van der Waals surface area contributed by atoms with Crippen LogP contribution in [-0.2, 0) is 0 Å². The van der Waals surface area contributed by atoms with Crippen molar-refractivity contribution in [2.75, 3.05) is 24.2 Å². The summed E-state index contributed by atoms with van der Waals surface area (Å²) in [5.41, 5.74) is 7.80. The zero-order valence-electron chi connectivity index (χ0n) is 9.75. The van der Waals surface area contributed by atoms with Gasteiger partial charge >= 0.3 is 0 Å². The zero-order valence-corrected chi connectivity index (χ0v) is 10.5. The van der Waals surface area contributed by atoms with Gasteiger partial charge in [-0.25, -0.2) is 0 Å². The van der Waals surface area contributed by atoms with Crippen molar-refractivity contribution in [1.82, 2.24) is 0 Å². The number of nitrogens with two attached hydrogens (primary N) is 1. The Bertz CT molecular complexity index is 361. The van der Waals surface area contributed by atoms with Crippen molar-refractivity contribution in [3.05, 3.63) is 23.2 Å². The van der Waals surface area contributed by atoms with E-state index in [2.05, 4.69) is 11.9 Å². The molecule has 2 nitrogen and oxygen atoms in total. The van der Waals surface area contributed by atoms with Crippen LogP contribution < -0.4 is 10.6 Å². The summed E-state index contributed by atoms with van der Waals surface area (Å²) in [7, 11) is 2.08. The lowest BCUT2D eigenvalue weighted by atomic mass is 9.83. The molecule has 0 aliphatic heterocycles. The van der Waals surface area contributed by atoms with Gasteiger partial charge in [0.2, 0.25) is 0 Å². The largest absolute Gasteiger partial charge is 0.397 e. The molecule has 2 rings (SSSR count). The van der Waals surface area contributed by atoms with Gasteiger partial charge in [-0.3, -0.25) is 0 Å². The van der Waals surface area contributed by atoms with Crippen LogP contribution in [0.1, 0.15) is 25.7 Å². The van der Waals surface area contributed by atoms with Gasteiger partial charge in [-0.1, -0.05) is 30.9 Å². The average Bonchev–Trinajstić information content (AvgIpc) is 2.19. The third-order valence-corrected chi connectivity index (χ3v) is 3.74. The smallest absolute Gasteiger partial charge is 0.0612 e. The van der Waals surface area contributed by atoms with Crippen LogP contribution >= 0.6 is 11.6 Å². The van der Waals surface area contributed by atoms with Crippen molar-refractivity contribution in [3.63, 3.8) is 0 Å². The standard InChI is InChI=1S/C13H19ClN2/c1-16(8-7-10-3-2-4-10)13-9-11(14)5-6-12(13)15/h5-6,9-10H,2-4,7-8,15H2,1H3. The molecular formula is C13H19ClN2. The summed E-state index contributed by atoms with van der Waals surface area (Å²) in [5.74, 6) is 0.933. The van der Waals surface area contributed by atoms with Crippen LogP contribution in [0.4, 0.5) is 11.4 Å². The topological polar surface area (TPSA) is 29.3 Å². The minimum absolute atomic E-state index is 0.750. The van der Waals surface area contributed by atoms with Gasteiger partial charge in [-0.15, -0.1) is 0 Å². The molecule has 1 aromatic rings. The van der Waals surface area contributed by atoms with Crippen molar-refractivity contribution >= 4 is 23.0 Å². The SMILES string of the molecule is CN(CCC1CCC1)c1cc(Cl)ccc1N. The Labute approximate surface area is 102 Å². The van der Waals surface area contributed by atoms with Crippen LogP contribution in [0.3, 0.4) is 0 Å². The number of nitrogen functional groups attached to an aromatic ring is 1. The molecule has 0 heterocycles. The zero-order chi connectivity index (χ0) is 11.5. The van der Waals surface area contributed by atoms with Gasteiger partial charge in [0.1, 0.15) is 0 Å². The fraction of sp³-hybridized carbons (Fsp3) is 0.538. The third kappa shape index (κ3) is 2.62. The monoisotopic (exact) mass is 238 g/mol. The van der Waals surface area contributed by atoms with Gasteiger partial charge < -0.3 is 10.6 Å². The van der Waals surface area contributed by atoms with Crippen molar-refractivity contribution in [3.8, 4) is 0 Å². The van der Waals surface area contributed by atoms with E-state index in [-0.39, 0.29) is 0 Å². The van der Waals surface area contributed by atoms with Crippen LogP contribution in [-0.4, -0.2) is 13.6 Å². The lowest BCUT2D eigenvalue weighted by molar-refractivity contribution is 0.299. The molecule has 1 saturated carbocycles. The summed E-state index contributed by atoms with van der Waals surface area (Å²) in [6.45, 7) is 1.06. The molecule has 3 heteroatoms. The van der Waals surface area contributed by atoms with Gasteiger partial charge in [-0.05, 0) is 30.5 Å². The summed E-state index contributed by atoms with van der Waals surface area (Å²) >= 11 is 5.98. The second-order valence-corrected chi connectivity index (χ2v) is 5.15. The summed E-state index contributed by atoms with van der Waals surface area (Å²) in [5, 5.41) is 0.750. The summed E-state index contributed by atoms with van der Waals surface area (Å²) in [6, 6.07) is 5.65. The Balaban J connectivity index is 1.95. The predicted octanol–water partition coefficient (Wildman–Crippen LogP) is 3.55. The summed E-state index contributed by atoms with van der Waals surface area (Å²) in [6.07, 6.45) is 5.48. The fourth-order valence-electron chi connectivity index (χ4n) is 2.13. The third-order valence-electron chi connectivity index (χ3n) is 3.50. The van der Waals surface area contributed by atoms with Crippen LogP contribution in [0.25, 0.3) is 0 Å². The van der Waals surface area contributed by atoms with Crippen molar-refractivity contribution in [1.29, 1.82) is 0 Å². The van der Waals surface area contributed by atoms with E-state index in [1.807, 2.05) is 18.2 Å². The summed E-state index contributed by atoms with van der Waals surface area (Å²) in [4.78, 5) is 2.21. The van der Waals surface area contributed by atoms with E-state index in [1.54, 1.807) is 0 Å². The van der Waals surface area contributed by atoms with E-state index in [0.29, 0.717) is 0 Å². The van der Waals surface area contributed by atoms with Crippen molar-refractivity contribution in [2.24, 2.45) is 5.92 Å². The molecule has 16 heavy (non-hydrogen) atoms. The highest BCUT2D eigenvalue weighted by Crippen LogP contribution is 2.31. The molecule has 0 saturated heterocycles. The Kier molecular flexibility index (Phi) is 3.59. The molecule has 88 valence electrons. The Morgan fingerprint density at radius 1 is 1.44 bits per heavy atom. The van der Waals surface area contributed by atoms with Crippen molar-refractivity contribution < 1.29 is 0 Å². The van der Waals surface area contributed by atoms with E-state index in [1.165, 1.54) is 25.7 Å². The normalized spacial score (nSPS) is 15.9. The number of hydrogen-bond acceptors (Lipinski definition) is 2. The average molecular weight is 239 g/mol. The highest BCUT2D eigenvalue weighted by atomic mass is 35.5. The Morgan fingerprint density at radius 2 is 2.19 bits per heavy atom. The number of benzene rings is 1. The van der Waals surface area contributed by atoms with Crippen molar-refractivity contribution in [2.45, 2.75) is 25.7 Å². The molecular weight excluding hydrogens is 220 g/mol. The van der Waals surface area contributed by atoms with E-state index < -0.39 is 0 Å².